The standard InChI is InChI=1S/C21H23N3O3S/c1-15-7-9-17(10-8-15)24-20(26)13-23-21(24)28-14-19(25)22-12-11-16-5-3-4-6-18(16)27-2/h3-10H,11-14H2,1-2H3,(H,22,25). The number of nitrogens with one attached hydrogen (secondary N) is 1. The summed E-state index contributed by atoms with van der Waals surface area (Å²) in [5.41, 5.74) is 2.95. The van der Waals surface area contributed by atoms with Crippen molar-refractivity contribution in [3.8, 4) is 5.75 Å². The maximum atomic E-state index is 12.2. The smallest absolute Gasteiger partial charge is 0.254 e. The summed E-state index contributed by atoms with van der Waals surface area (Å²) in [6.45, 7) is 2.63. The van der Waals surface area contributed by atoms with E-state index in [-0.39, 0.29) is 24.1 Å². The number of amides is 2. The van der Waals surface area contributed by atoms with Crippen molar-refractivity contribution in [1.29, 1.82) is 0 Å². The SMILES string of the molecule is COc1ccccc1CCNC(=O)CSC1=NCC(=O)N1c1ccc(C)cc1. The number of anilines is 1. The number of para-hydroxylation sites is 1. The van der Waals surface area contributed by atoms with Gasteiger partial charge >= 0.3 is 0 Å². The molecule has 1 aliphatic heterocycles. The zero-order chi connectivity index (χ0) is 19.9. The van der Waals surface area contributed by atoms with Crippen LogP contribution >= 0.6 is 11.8 Å². The van der Waals surface area contributed by atoms with E-state index in [9.17, 15) is 9.59 Å². The number of rotatable bonds is 7. The molecular formula is C21H23N3O3S. The summed E-state index contributed by atoms with van der Waals surface area (Å²) < 4.78 is 5.32. The van der Waals surface area contributed by atoms with Crippen LogP contribution in [0.15, 0.2) is 53.5 Å². The number of aryl methyl sites for hydroxylation is 1. The summed E-state index contributed by atoms with van der Waals surface area (Å²) >= 11 is 1.28. The van der Waals surface area contributed by atoms with Gasteiger partial charge in [0.2, 0.25) is 5.91 Å². The Morgan fingerprint density at radius 2 is 1.96 bits per heavy atom. The van der Waals surface area contributed by atoms with Crippen molar-refractivity contribution in [3.63, 3.8) is 0 Å². The van der Waals surface area contributed by atoms with Crippen LogP contribution in [0, 0.1) is 6.92 Å². The summed E-state index contributed by atoms with van der Waals surface area (Å²) in [4.78, 5) is 30.2. The molecule has 0 fully saturated rings. The first-order valence-electron chi connectivity index (χ1n) is 9.04. The van der Waals surface area contributed by atoms with Gasteiger partial charge in [-0.05, 0) is 37.1 Å². The molecule has 0 aromatic heterocycles. The Balaban J connectivity index is 1.49. The van der Waals surface area contributed by atoms with Crippen molar-refractivity contribution in [2.75, 3.05) is 30.9 Å². The number of carbonyl (C=O) groups is 2. The van der Waals surface area contributed by atoms with Gasteiger partial charge in [0.05, 0.1) is 18.6 Å². The zero-order valence-corrected chi connectivity index (χ0v) is 16.8. The largest absolute Gasteiger partial charge is 0.496 e. The molecule has 1 N–H and O–H groups in total. The third-order valence-electron chi connectivity index (χ3n) is 4.32. The van der Waals surface area contributed by atoms with Gasteiger partial charge in [0, 0.05) is 6.54 Å². The van der Waals surface area contributed by atoms with E-state index in [1.54, 1.807) is 12.0 Å². The molecule has 0 aliphatic carbocycles. The average Bonchev–Trinajstić information content (AvgIpc) is 3.08. The van der Waals surface area contributed by atoms with Crippen molar-refractivity contribution in [1.82, 2.24) is 5.32 Å². The molecule has 0 atom stereocenters. The molecule has 0 bridgehead atoms. The topological polar surface area (TPSA) is 71.0 Å². The van der Waals surface area contributed by atoms with Gasteiger partial charge in [-0.25, -0.2) is 0 Å². The molecule has 1 heterocycles. The van der Waals surface area contributed by atoms with Gasteiger partial charge < -0.3 is 10.1 Å². The fourth-order valence-corrected chi connectivity index (χ4v) is 3.72. The lowest BCUT2D eigenvalue weighted by Gasteiger charge is -2.18. The number of benzene rings is 2. The van der Waals surface area contributed by atoms with Crippen LogP contribution in [-0.4, -0.2) is 42.9 Å². The molecule has 2 amide bonds. The summed E-state index contributed by atoms with van der Waals surface area (Å²) in [5.74, 6) is 0.854. The van der Waals surface area contributed by atoms with Crippen LogP contribution in [0.2, 0.25) is 0 Å². The highest BCUT2D eigenvalue weighted by atomic mass is 32.2. The van der Waals surface area contributed by atoms with Crippen molar-refractivity contribution in [3.05, 3.63) is 59.7 Å². The third kappa shape index (κ3) is 4.92. The molecule has 146 valence electrons. The number of hydrogen-bond donors (Lipinski definition) is 1. The zero-order valence-electron chi connectivity index (χ0n) is 16.0. The highest BCUT2D eigenvalue weighted by Gasteiger charge is 2.27. The number of methoxy groups -OCH3 is 1. The van der Waals surface area contributed by atoms with Gasteiger partial charge in [-0.3, -0.25) is 19.5 Å². The second kappa shape index (κ2) is 9.41. The second-order valence-electron chi connectivity index (χ2n) is 6.36. The molecule has 7 heteroatoms. The third-order valence-corrected chi connectivity index (χ3v) is 5.30. The Kier molecular flexibility index (Phi) is 6.71. The summed E-state index contributed by atoms with van der Waals surface area (Å²) in [6, 6.07) is 15.4. The maximum absolute atomic E-state index is 12.2. The molecule has 0 saturated heterocycles. The van der Waals surface area contributed by atoms with Crippen LogP contribution in [0.5, 0.6) is 5.75 Å². The van der Waals surface area contributed by atoms with Crippen molar-refractivity contribution in [2.24, 2.45) is 4.99 Å². The normalized spacial score (nSPS) is 13.4. The van der Waals surface area contributed by atoms with E-state index in [0.29, 0.717) is 18.1 Å². The molecule has 0 saturated carbocycles. The molecule has 0 spiro atoms. The van der Waals surface area contributed by atoms with E-state index in [4.69, 9.17) is 4.74 Å². The van der Waals surface area contributed by atoms with Crippen molar-refractivity contribution in [2.45, 2.75) is 13.3 Å². The number of carbonyl (C=O) groups excluding carboxylic acids is 2. The van der Waals surface area contributed by atoms with Crippen LogP contribution in [0.3, 0.4) is 0 Å². The number of hydrogen-bond acceptors (Lipinski definition) is 5. The minimum atomic E-state index is -0.0918. The highest BCUT2D eigenvalue weighted by molar-refractivity contribution is 8.14. The Bertz CT molecular complexity index is 881. The fraction of sp³-hybridized carbons (Fsp3) is 0.286. The molecule has 2 aromatic rings. The van der Waals surface area contributed by atoms with E-state index < -0.39 is 0 Å². The summed E-state index contributed by atoms with van der Waals surface area (Å²) in [5, 5.41) is 3.47. The predicted octanol–water partition coefficient (Wildman–Crippen LogP) is 2.80. The molecule has 28 heavy (non-hydrogen) atoms. The Labute approximate surface area is 169 Å². The molecular weight excluding hydrogens is 374 g/mol. The number of ether oxygens (including phenoxy) is 1. The first kappa shape index (κ1) is 19.9. The predicted molar refractivity (Wildman–Crippen MR) is 113 cm³/mol. The molecule has 3 rings (SSSR count). The lowest BCUT2D eigenvalue weighted by molar-refractivity contribution is -0.118. The van der Waals surface area contributed by atoms with Crippen LogP contribution in [0.4, 0.5) is 5.69 Å². The molecule has 1 aliphatic rings. The number of amidine groups is 1. The number of aliphatic imine (C=N–C) groups is 1. The molecule has 0 unspecified atom stereocenters. The highest BCUT2D eigenvalue weighted by Crippen LogP contribution is 2.24. The minimum absolute atomic E-state index is 0.0806. The average molecular weight is 398 g/mol. The number of nitrogens with zero attached hydrogens (tertiary/aromatic N) is 2. The summed E-state index contributed by atoms with van der Waals surface area (Å²) in [7, 11) is 1.64. The van der Waals surface area contributed by atoms with E-state index in [1.165, 1.54) is 11.8 Å². The second-order valence-corrected chi connectivity index (χ2v) is 7.31. The fourth-order valence-electron chi connectivity index (χ4n) is 2.87. The van der Waals surface area contributed by atoms with Gasteiger partial charge in [0.15, 0.2) is 5.17 Å². The van der Waals surface area contributed by atoms with Gasteiger partial charge in [-0.1, -0.05) is 47.7 Å². The molecule has 0 radical (unpaired) electrons. The molecule has 2 aromatic carbocycles. The van der Waals surface area contributed by atoms with Crippen LogP contribution in [0.25, 0.3) is 0 Å². The van der Waals surface area contributed by atoms with E-state index in [2.05, 4.69) is 10.3 Å². The van der Waals surface area contributed by atoms with Crippen LogP contribution < -0.4 is 15.0 Å². The van der Waals surface area contributed by atoms with Crippen LogP contribution in [-0.2, 0) is 16.0 Å². The van der Waals surface area contributed by atoms with Crippen molar-refractivity contribution >= 4 is 34.4 Å². The summed E-state index contributed by atoms with van der Waals surface area (Å²) in [6.07, 6.45) is 0.690. The Hall–Kier alpha value is -2.80. The lowest BCUT2D eigenvalue weighted by Crippen LogP contribution is -2.33. The molecule has 6 nitrogen and oxygen atoms in total. The van der Waals surface area contributed by atoms with Gasteiger partial charge in [0.1, 0.15) is 12.3 Å². The maximum Gasteiger partial charge on any atom is 0.254 e. The monoisotopic (exact) mass is 397 g/mol. The quantitative estimate of drug-likeness (QED) is 0.780. The Morgan fingerprint density at radius 1 is 1.21 bits per heavy atom. The van der Waals surface area contributed by atoms with E-state index in [1.807, 2.05) is 55.5 Å². The lowest BCUT2D eigenvalue weighted by atomic mass is 10.1. The van der Waals surface area contributed by atoms with Gasteiger partial charge in [0.25, 0.3) is 5.91 Å². The minimum Gasteiger partial charge on any atom is -0.496 e. The van der Waals surface area contributed by atoms with E-state index >= 15 is 0 Å². The van der Waals surface area contributed by atoms with Crippen LogP contribution in [0.1, 0.15) is 11.1 Å². The first-order valence-corrected chi connectivity index (χ1v) is 10.0. The van der Waals surface area contributed by atoms with Gasteiger partial charge in [-0.15, -0.1) is 0 Å². The Morgan fingerprint density at radius 3 is 2.71 bits per heavy atom. The van der Waals surface area contributed by atoms with Gasteiger partial charge in [-0.2, -0.15) is 0 Å². The van der Waals surface area contributed by atoms with Crippen molar-refractivity contribution < 1.29 is 14.3 Å². The first-order chi connectivity index (χ1) is 13.6. The number of thioether (sulfide) groups is 1. The van der Waals surface area contributed by atoms with E-state index in [0.717, 1.165) is 22.6 Å².